The van der Waals surface area contributed by atoms with E-state index in [1.54, 1.807) is 0 Å². The first-order valence-corrected chi connectivity index (χ1v) is 7.25. The molecule has 5 N–H and O–H groups in total. The van der Waals surface area contributed by atoms with Gasteiger partial charge in [-0.05, 0) is 12.1 Å². The van der Waals surface area contributed by atoms with E-state index in [-0.39, 0.29) is 41.4 Å². The number of phenols is 4. The van der Waals surface area contributed by atoms with Gasteiger partial charge < -0.3 is 35.1 Å². The lowest BCUT2D eigenvalue weighted by Crippen LogP contribution is -2.49. The first kappa shape index (κ1) is 15.9. The number of aldehydes is 1. The second kappa shape index (κ2) is 5.61. The van der Waals surface area contributed by atoms with E-state index in [9.17, 15) is 30.3 Å². The van der Waals surface area contributed by atoms with Gasteiger partial charge in [0.25, 0.3) is 0 Å². The number of hydrogen-bond acceptors (Lipinski definition) is 7. The van der Waals surface area contributed by atoms with Crippen molar-refractivity contribution < 1.29 is 35.1 Å². The topological polar surface area (TPSA) is 127 Å². The molecular weight excluding hydrogens is 316 g/mol. The zero-order chi connectivity index (χ0) is 17.5. The number of aromatic hydroxyl groups is 4. The Balaban J connectivity index is 2.16. The van der Waals surface area contributed by atoms with Crippen molar-refractivity contribution in [3.05, 3.63) is 41.5 Å². The molecule has 0 fully saturated rings. The Morgan fingerprint density at radius 3 is 2.50 bits per heavy atom. The van der Waals surface area contributed by atoms with Gasteiger partial charge >= 0.3 is 0 Å². The highest BCUT2D eigenvalue weighted by molar-refractivity contribution is 5.58. The third kappa shape index (κ3) is 2.39. The summed E-state index contributed by atoms with van der Waals surface area (Å²) in [4.78, 5) is 11.2. The minimum absolute atomic E-state index is 0.0169. The molecule has 0 saturated carbocycles. The van der Waals surface area contributed by atoms with Crippen LogP contribution in [0.1, 0.15) is 17.5 Å². The number of carbonyl (C=O) groups is 1. The maximum Gasteiger partial charge on any atom is 0.167 e. The Morgan fingerprint density at radius 2 is 1.83 bits per heavy atom. The van der Waals surface area contributed by atoms with Gasteiger partial charge in [0.05, 0.1) is 0 Å². The maximum atomic E-state index is 11.2. The van der Waals surface area contributed by atoms with E-state index >= 15 is 0 Å². The molecule has 1 aliphatic heterocycles. The fraction of sp³-hybridized carbons (Fsp3) is 0.235. The third-order valence-corrected chi connectivity index (χ3v) is 4.25. The van der Waals surface area contributed by atoms with Crippen LogP contribution < -0.4 is 4.74 Å². The summed E-state index contributed by atoms with van der Waals surface area (Å²) < 4.78 is 5.82. The van der Waals surface area contributed by atoms with E-state index in [1.807, 2.05) is 0 Å². The predicted molar refractivity (Wildman–Crippen MR) is 82.2 cm³/mol. The fourth-order valence-corrected chi connectivity index (χ4v) is 2.99. The highest BCUT2D eigenvalue weighted by Crippen LogP contribution is 2.47. The average Bonchev–Trinajstić information content (AvgIpc) is 2.52. The number of hydrogen-bond donors (Lipinski definition) is 5. The third-order valence-electron chi connectivity index (χ3n) is 4.25. The van der Waals surface area contributed by atoms with Crippen LogP contribution in [0.5, 0.6) is 28.7 Å². The Bertz CT molecular complexity index is 802. The van der Waals surface area contributed by atoms with Crippen LogP contribution in [0.15, 0.2) is 30.3 Å². The van der Waals surface area contributed by atoms with E-state index in [4.69, 9.17) is 4.74 Å². The molecule has 0 saturated heterocycles. The number of carbonyl (C=O) groups excluding carboxylic acids is 1. The molecule has 0 spiro atoms. The molecule has 3 rings (SSSR count). The zero-order valence-corrected chi connectivity index (χ0v) is 12.5. The molecule has 24 heavy (non-hydrogen) atoms. The summed E-state index contributed by atoms with van der Waals surface area (Å²) in [7, 11) is 0. The van der Waals surface area contributed by atoms with Crippen molar-refractivity contribution in [2.45, 2.75) is 24.5 Å². The molecule has 126 valence electrons. The number of benzene rings is 2. The number of rotatable bonds is 3. The Hall–Kier alpha value is -2.93. The quantitative estimate of drug-likeness (QED) is 0.423. The Morgan fingerprint density at radius 1 is 1.08 bits per heavy atom. The molecular formula is C17H16O7. The molecule has 2 aromatic rings. The summed E-state index contributed by atoms with van der Waals surface area (Å²) >= 11 is 0. The van der Waals surface area contributed by atoms with E-state index in [0.717, 1.165) is 6.07 Å². The minimum Gasteiger partial charge on any atom is -0.508 e. The van der Waals surface area contributed by atoms with Crippen molar-refractivity contribution in [3.63, 3.8) is 0 Å². The summed E-state index contributed by atoms with van der Waals surface area (Å²) in [6.07, 6.45) is -0.874. The van der Waals surface area contributed by atoms with Crippen LogP contribution >= 0.6 is 0 Å². The molecule has 0 amide bonds. The molecule has 2 unspecified atom stereocenters. The second-order valence-corrected chi connectivity index (χ2v) is 5.73. The molecule has 2 aromatic carbocycles. The molecule has 0 radical (unpaired) electrons. The Labute approximate surface area is 137 Å². The lowest BCUT2D eigenvalue weighted by Gasteiger charge is -2.42. The van der Waals surface area contributed by atoms with Crippen LogP contribution in [0.4, 0.5) is 0 Å². The van der Waals surface area contributed by atoms with Crippen LogP contribution in [-0.4, -0.2) is 37.9 Å². The lowest BCUT2D eigenvalue weighted by atomic mass is 9.80. The predicted octanol–water partition coefficient (Wildman–Crippen LogP) is 1.29. The van der Waals surface area contributed by atoms with Crippen LogP contribution in [0.3, 0.4) is 0 Å². The van der Waals surface area contributed by atoms with Gasteiger partial charge in [-0.25, -0.2) is 0 Å². The molecule has 0 aromatic heterocycles. The summed E-state index contributed by atoms with van der Waals surface area (Å²) in [5.41, 5.74) is -0.920. The average molecular weight is 332 g/mol. The van der Waals surface area contributed by atoms with Gasteiger partial charge in [-0.2, -0.15) is 0 Å². The van der Waals surface area contributed by atoms with Crippen LogP contribution in [0, 0.1) is 0 Å². The van der Waals surface area contributed by atoms with Crippen molar-refractivity contribution in [2.75, 3.05) is 0 Å². The SMILES string of the molecule is O=CCC1(c2ccc(O)c(O)c2)Oc2cc(O)cc(O)c2CC1O. The van der Waals surface area contributed by atoms with Crippen molar-refractivity contribution in [1.82, 2.24) is 0 Å². The largest absolute Gasteiger partial charge is 0.508 e. The van der Waals surface area contributed by atoms with Gasteiger partial charge in [0.15, 0.2) is 17.1 Å². The van der Waals surface area contributed by atoms with Crippen LogP contribution in [0.25, 0.3) is 0 Å². The molecule has 7 heteroatoms. The van der Waals surface area contributed by atoms with Gasteiger partial charge in [0.2, 0.25) is 0 Å². The normalized spacial score (nSPS) is 22.5. The minimum atomic E-state index is -1.51. The standard InChI is InChI=1S/C17H16O7/c18-4-3-17(9-1-2-12(20)14(22)5-9)16(23)8-11-13(21)6-10(19)7-15(11)24-17/h1-2,4-7,16,19-23H,3,8H2. The lowest BCUT2D eigenvalue weighted by molar-refractivity contribution is -0.120. The van der Waals surface area contributed by atoms with Crippen molar-refractivity contribution in [1.29, 1.82) is 0 Å². The first-order chi connectivity index (χ1) is 11.4. The smallest absolute Gasteiger partial charge is 0.167 e. The van der Waals surface area contributed by atoms with Crippen molar-refractivity contribution in [2.24, 2.45) is 0 Å². The van der Waals surface area contributed by atoms with E-state index < -0.39 is 17.5 Å². The van der Waals surface area contributed by atoms with Crippen LogP contribution in [-0.2, 0) is 16.8 Å². The Kier molecular flexibility index (Phi) is 3.73. The number of aliphatic hydroxyl groups is 1. The molecule has 2 atom stereocenters. The number of phenolic OH excluding ortho intramolecular Hbond substituents is 4. The molecule has 7 nitrogen and oxygen atoms in total. The van der Waals surface area contributed by atoms with E-state index in [0.29, 0.717) is 11.8 Å². The van der Waals surface area contributed by atoms with E-state index in [2.05, 4.69) is 0 Å². The highest BCUT2D eigenvalue weighted by Gasteiger charge is 2.46. The molecule has 0 bridgehead atoms. The second-order valence-electron chi connectivity index (χ2n) is 5.73. The van der Waals surface area contributed by atoms with Gasteiger partial charge in [-0.15, -0.1) is 0 Å². The fourth-order valence-electron chi connectivity index (χ4n) is 2.99. The molecule has 0 aliphatic carbocycles. The van der Waals surface area contributed by atoms with Gasteiger partial charge in [0, 0.05) is 36.1 Å². The van der Waals surface area contributed by atoms with Gasteiger partial charge in [-0.1, -0.05) is 6.07 Å². The van der Waals surface area contributed by atoms with Crippen molar-refractivity contribution >= 4 is 6.29 Å². The highest BCUT2D eigenvalue weighted by atomic mass is 16.5. The monoisotopic (exact) mass is 332 g/mol. The summed E-state index contributed by atoms with van der Waals surface area (Å²) in [5.74, 6) is -1.08. The number of fused-ring (bicyclic) bond motifs is 1. The molecule has 1 aliphatic rings. The molecule has 1 heterocycles. The number of ether oxygens (including phenoxy) is 1. The summed E-state index contributed by atoms with van der Waals surface area (Å²) in [6, 6.07) is 6.27. The number of aliphatic hydroxyl groups excluding tert-OH is 1. The van der Waals surface area contributed by atoms with Gasteiger partial charge in [-0.3, -0.25) is 0 Å². The van der Waals surface area contributed by atoms with Gasteiger partial charge in [0.1, 0.15) is 29.6 Å². The van der Waals surface area contributed by atoms with E-state index in [1.165, 1.54) is 24.3 Å². The first-order valence-electron chi connectivity index (χ1n) is 7.25. The summed E-state index contributed by atoms with van der Waals surface area (Å²) in [6.45, 7) is 0. The summed E-state index contributed by atoms with van der Waals surface area (Å²) in [5, 5.41) is 49.3. The van der Waals surface area contributed by atoms with Crippen molar-refractivity contribution in [3.8, 4) is 28.7 Å². The van der Waals surface area contributed by atoms with Crippen LogP contribution in [0.2, 0.25) is 0 Å². The zero-order valence-electron chi connectivity index (χ0n) is 12.5. The maximum absolute atomic E-state index is 11.2.